The molecule has 0 unspecified atom stereocenters. The number of halogens is 1. The van der Waals surface area contributed by atoms with Gasteiger partial charge < -0.3 is 10.5 Å². The summed E-state index contributed by atoms with van der Waals surface area (Å²) >= 11 is 0. The van der Waals surface area contributed by atoms with Crippen LogP contribution < -0.4 is 10.5 Å². The highest BCUT2D eigenvalue weighted by Crippen LogP contribution is 2.40. The van der Waals surface area contributed by atoms with Gasteiger partial charge in [0.2, 0.25) is 0 Å². The molecule has 0 spiro atoms. The lowest BCUT2D eigenvalue weighted by Crippen LogP contribution is -2.04. The molecule has 0 bridgehead atoms. The third kappa shape index (κ3) is 2.19. The molecule has 0 aliphatic heterocycles. The second-order valence-electron chi connectivity index (χ2n) is 5.06. The molecule has 5 heteroatoms. The fourth-order valence-corrected chi connectivity index (χ4v) is 2.17. The molecule has 1 aliphatic rings. The number of benzene rings is 1. The first-order chi connectivity index (χ1) is 9.60. The first-order valence-electron chi connectivity index (χ1n) is 6.58. The van der Waals surface area contributed by atoms with E-state index < -0.39 is 5.82 Å². The number of methoxy groups -OCH3 is 1. The molecule has 0 radical (unpaired) electrons. The number of nitrogens with zero attached hydrogens (tertiary/aromatic N) is 2. The van der Waals surface area contributed by atoms with Gasteiger partial charge in [0, 0.05) is 17.0 Å². The van der Waals surface area contributed by atoms with Gasteiger partial charge in [0.05, 0.1) is 12.8 Å². The van der Waals surface area contributed by atoms with Crippen LogP contribution >= 0.6 is 0 Å². The van der Waals surface area contributed by atoms with Crippen molar-refractivity contribution in [3.8, 4) is 17.0 Å². The smallest absolute Gasteiger partial charge is 0.165 e. The maximum absolute atomic E-state index is 13.8. The van der Waals surface area contributed by atoms with Crippen LogP contribution in [-0.2, 0) is 0 Å². The van der Waals surface area contributed by atoms with Crippen molar-refractivity contribution in [3.05, 3.63) is 35.4 Å². The van der Waals surface area contributed by atoms with E-state index in [0.29, 0.717) is 23.0 Å². The molecule has 1 aromatic heterocycles. The highest BCUT2D eigenvalue weighted by atomic mass is 19.1. The van der Waals surface area contributed by atoms with E-state index in [2.05, 4.69) is 9.97 Å². The quantitative estimate of drug-likeness (QED) is 0.933. The van der Waals surface area contributed by atoms with Crippen LogP contribution in [0.3, 0.4) is 0 Å². The van der Waals surface area contributed by atoms with E-state index in [0.717, 1.165) is 24.2 Å². The predicted octanol–water partition coefficient (Wildman–Crippen LogP) is 3.06. The number of hydrogen-bond donors (Lipinski definition) is 1. The predicted molar refractivity (Wildman–Crippen MR) is 75.1 cm³/mol. The summed E-state index contributed by atoms with van der Waals surface area (Å²) in [5, 5.41) is 0. The van der Waals surface area contributed by atoms with Crippen molar-refractivity contribution < 1.29 is 9.13 Å². The second-order valence-corrected chi connectivity index (χ2v) is 5.06. The standard InChI is InChI=1S/C15H16FN3O/c1-8-13(10-5-6-12(20-2)11(16)7-10)18-15(9-3-4-9)19-14(8)17/h5-7,9H,3-4H2,1-2H3,(H2,17,18,19). The maximum Gasteiger partial charge on any atom is 0.165 e. The second kappa shape index (κ2) is 4.74. The van der Waals surface area contributed by atoms with Crippen LogP contribution in [0.5, 0.6) is 5.75 Å². The van der Waals surface area contributed by atoms with Crippen molar-refractivity contribution in [3.63, 3.8) is 0 Å². The lowest BCUT2D eigenvalue weighted by atomic mass is 10.1. The van der Waals surface area contributed by atoms with Gasteiger partial charge in [-0.2, -0.15) is 0 Å². The number of hydrogen-bond acceptors (Lipinski definition) is 4. The minimum atomic E-state index is -0.408. The molecule has 1 heterocycles. The summed E-state index contributed by atoms with van der Waals surface area (Å²) in [6.45, 7) is 1.85. The molecule has 2 aromatic rings. The van der Waals surface area contributed by atoms with E-state index in [9.17, 15) is 4.39 Å². The van der Waals surface area contributed by atoms with Crippen molar-refractivity contribution in [2.24, 2.45) is 0 Å². The molecular weight excluding hydrogens is 257 g/mol. The lowest BCUT2D eigenvalue weighted by molar-refractivity contribution is 0.386. The number of aromatic nitrogens is 2. The van der Waals surface area contributed by atoms with Gasteiger partial charge in [0.15, 0.2) is 11.6 Å². The van der Waals surface area contributed by atoms with Crippen LogP contribution in [0.2, 0.25) is 0 Å². The highest BCUT2D eigenvalue weighted by Gasteiger charge is 2.28. The summed E-state index contributed by atoms with van der Waals surface area (Å²) in [5.74, 6) is 1.44. The van der Waals surface area contributed by atoms with Crippen molar-refractivity contribution >= 4 is 5.82 Å². The van der Waals surface area contributed by atoms with E-state index in [4.69, 9.17) is 10.5 Å². The SMILES string of the molecule is COc1ccc(-c2nc(C3CC3)nc(N)c2C)cc1F. The monoisotopic (exact) mass is 273 g/mol. The van der Waals surface area contributed by atoms with Crippen LogP contribution in [0.25, 0.3) is 11.3 Å². The molecule has 20 heavy (non-hydrogen) atoms. The molecular formula is C15H16FN3O. The normalized spacial score (nSPS) is 14.3. The number of anilines is 1. The Morgan fingerprint density at radius 3 is 2.65 bits per heavy atom. The van der Waals surface area contributed by atoms with Crippen molar-refractivity contribution in [1.82, 2.24) is 9.97 Å². The van der Waals surface area contributed by atoms with Crippen LogP contribution in [-0.4, -0.2) is 17.1 Å². The molecule has 0 atom stereocenters. The zero-order valence-electron chi connectivity index (χ0n) is 11.5. The van der Waals surface area contributed by atoms with Crippen LogP contribution in [0.1, 0.15) is 30.1 Å². The first kappa shape index (κ1) is 12.8. The van der Waals surface area contributed by atoms with Gasteiger partial charge in [-0.15, -0.1) is 0 Å². The van der Waals surface area contributed by atoms with Crippen molar-refractivity contribution in [2.45, 2.75) is 25.7 Å². The third-order valence-electron chi connectivity index (χ3n) is 3.57. The lowest BCUT2D eigenvalue weighted by Gasteiger charge is -2.11. The number of rotatable bonds is 3. The van der Waals surface area contributed by atoms with Crippen molar-refractivity contribution in [2.75, 3.05) is 12.8 Å². The molecule has 0 amide bonds. The van der Waals surface area contributed by atoms with E-state index in [-0.39, 0.29) is 5.75 Å². The van der Waals surface area contributed by atoms with Crippen LogP contribution in [0.4, 0.5) is 10.2 Å². The zero-order chi connectivity index (χ0) is 14.3. The highest BCUT2D eigenvalue weighted by molar-refractivity contribution is 5.68. The Hall–Kier alpha value is -2.17. The minimum absolute atomic E-state index is 0.218. The molecule has 1 fully saturated rings. The van der Waals surface area contributed by atoms with Gasteiger partial charge in [-0.05, 0) is 38.0 Å². The number of ether oxygens (including phenoxy) is 1. The average molecular weight is 273 g/mol. The van der Waals surface area contributed by atoms with Gasteiger partial charge in [0.25, 0.3) is 0 Å². The largest absolute Gasteiger partial charge is 0.494 e. The Balaban J connectivity index is 2.10. The Bertz CT molecular complexity index is 668. The molecule has 1 saturated carbocycles. The Kier molecular flexibility index (Phi) is 3.04. The summed E-state index contributed by atoms with van der Waals surface area (Å²) < 4.78 is 18.8. The van der Waals surface area contributed by atoms with E-state index >= 15 is 0 Å². The van der Waals surface area contributed by atoms with E-state index in [1.54, 1.807) is 12.1 Å². The van der Waals surface area contributed by atoms with Gasteiger partial charge in [-0.25, -0.2) is 14.4 Å². The Morgan fingerprint density at radius 2 is 2.05 bits per heavy atom. The molecule has 104 valence electrons. The van der Waals surface area contributed by atoms with Gasteiger partial charge in [-0.1, -0.05) is 0 Å². The average Bonchev–Trinajstić information content (AvgIpc) is 3.26. The molecule has 1 aliphatic carbocycles. The summed E-state index contributed by atoms with van der Waals surface area (Å²) in [7, 11) is 1.44. The Labute approximate surface area is 116 Å². The first-order valence-corrected chi connectivity index (χ1v) is 6.58. The fraction of sp³-hybridized carbons (Fsp3) is 0.333. The maximum atomic E-state index is 13.8. The molecule has 2 N–H and O–H groups in total. The summed E-state index contributed by atoms with van der Waals surface area (Å²) in [4.78, 5) is 8.89. The molecule has 4 nitrogen and oxygen atoms in total. The zero-order valence-corrected chi connectivity index (χ0v) is 11.5. The van der Waals surface area contributed by atoms with Crippen LogP contribution in [0.15, 0.2) is 18.2 Å². The van der Waals surface area contributed by atoms with Gasteiger partial charge in [0.1, 0.15) is 11.6 Å². The van der Waals surface area contributed by atoms with Crippen molar-refractivity contribution in [1.29, 1.82) is 0 Å². The minimum Gasteiger partial charge on any atom is -0.494 e. The third-order valence-corrected chi connectivity index (χ3v) is 3.57. The van der Waals surface area contributed by atoms with Gasteiger partial charge in [-0.3, -0.25) is 0 Å². The molecule has 3 rings (SSSR count). The Morgan fingerprint density at radius 1 is 1.30 bits per heavy atom. The summed E-state index contributed by atoms with van der Waals surface area (Å²) in [6, 6.07) is 4.80. The fourth-order valence-electron chi connectivity index (χ4n) is 2.17. The van der Waals surface area contributed by atoms with E-state index in [1.165, 1.54) is 13.2 Å². The van der Waals surface area contributed by atoms with Gasteiger partial charge >= 0.3 is 0 Å². The summed E-state index contributed by atoms with van der Waals surface area (Å²) in [5.41, 5.74) is 8.11. The number of nitrogens with two attached hydrogens (primary N) is 1. The topological polar surface area (TPSA) is 61.0 Å². The summed E-state index contributed by atoms with van der Waals surface area (Å²) in [6.07, 6.45) is 2.19. The number of nitrogen functional groups attached to an aromatic ring is 1. The van der Waals surface area contributed by atoms with Crippen LogP contribution in [0, 0.1) is 12.7 Å². The molecule has 1 aromatic carbocycles. The molecule has 0 saturated heterocycles. The van der Waals surface area contributed by atoms with E-state index in [1.807, 2.05) is 6.92 Å².